The van der Waals surface area contributed by atoms with E-state index in [1.807, 2.05) is 0 Å². The highest BCUT2D eigenvalue weighted by Crippen LogP contribution is 2.35. The molecule has 0 atom stereocenters. The number of benzene rings is 1. The molecule has 23 heavy (non-hydrogen) atoms. The Hall–Kier alpha value is -2.08. The van der Waals surface area contributed by atoms with Crippen molar-refractivity contribution in [2.75, 3.05) is 17.2 Å². The highest BCUT2D eigenvalue weighted by molar-refractivity contribution is 7.99. The number of hydrogen-bond donors (Lipinski definition) is 0. The van der Waals surface area contributed by atoms with E-state index in [1.54, 1.807) is 46.6 Å². The van der Waals surface area contributed by atoms with Crippen LogP contribution in [0.2, 0.25) is 0 Å². The van der Waals surface area contributed by atoms with Crippen molar-refractivity contribution in [3.8, 4) is 0 Å². The molecule has 0 radical (unpaired) electrons. The molecule has 1 aromatic heterocycles. The number of hydrogen-bond acceptors (Lipinski definition) is 3. The van der Waals surface area contributed by atoms with Gasteiger partial charge in [0, 0.05) is 30.2 Å². The van der Waals surface area contributed by atoms with E-state index in [0.29, 0.717) is 23.5 Å². The quantitative estimate of drug-likeness (QED) is 0.791. The fourth-order valence-electron chi connectivity index (χ4n) is 2.67. The molecule has 1 aliphatic heterocycles. The van der Waals surface area contributed by atoms with Crippen LogP contribution in [0.25, 0.3) is 0 Å². The number of nitrogens with zero attached hydrogens (tertiary/aromatic N) is 2. The molecule has 0 spiro atoms. The molecular formula is C17H17FN2O2S. The van der Waals surface area contributed by atoms with Gasteiger partial charge in [-0.15, -0.1) is 11.8 Å². The minimum atomic E-state index is -0.361. The molecule has 1 amide bonds. The maximum absolute atomic E-state index is 13.7. The van der Waals surface area contributed by atoms with Crippen LogP contribution in [0.15, 0.2) is 35.4 Å². The van der Waals surface area contributed by atoms with Crippen LogP contribution in [0.5, 0.6) is 0 Å². The minimum absolute atomic E-state index is 0.0856. The average molecular weight is 332 g/mol. The Morgan fingerprint density at radius 3 is 2.74 bits per heavy atom. The molecule has 1 aliphatic rings. The first kappa shape index (κ1) is 15.8. The van der Waals surface area contributed by atoms with Crippen molar-refractivity contribution in [1.29, 1.82) is 0 Å². The molecule has 0 fully saturated rings. The van der Waals surface area contributed by atoms with E-state index in [9.17, 15) is 14.0 Å². The zero-order valence-corrected chi connectivity index (χ0v) is 13.8. The number of ketones is 1. The van der Waals surface area contributed by atoms with Gasteiger partial charge in [-0.3, -0.25) is 9.59 Å². The fourth-order valence-corrected chi connectivity index (χ4v) is 3.64. The lowest BCUT2D eigenvalue weighted by Crippen LogP contribution is -2.33. The zero-order chi connectivity index (χ0) is 16.6. The van der Waals surface area contributed by atoms with Crippen molar-refractivity contribution in [2.24, 2.45) is 7.05 Å². The number of fused-ring (bicyclic) bond motifs is 1. The zero-order valence-electron chi connectivity index (χ0n) is 13.0. The molecular weight excluding hydrogens is 315 g/mol. The number of carbonyl (C=O) groups is 2. The Balaban J connectivity index is 2.03. The second kappa shape index (κ2) is 6.20. The standard InChI is InChI=1S/C17H17FN2O2S/c1-11(21)12-8-15(19(2)10-12)17(22)20-6-3-7-23-16-5-4-13(18)9-14(16)20/h4-5,8-10H,3,6-7H2,1-2H3. The monoisotopic (exact) mass is 332 g/mol. The van der Waals surface area contributed by atoms with Crippen molar-refractivity contribution >= 4 is 29.1 Å². The lowest BCUT2D eigenvalue weighted by molar-refractivity contribution is 0.0978. The minimum Gasteiger partial charge on any atom is -0.346 e. The van der Waals surface area contributed by atoms with Crippen LogP contribution in [0.3, 0.4) is 0 Å². The second-order valence-corrected chi connectivity index (χ2v) is 6.69. The smallest absolute Gasteiger partial charge is 0.274 e. The summed E-state index contributed by atoms with van der Waals surface area (Å²) in [6.45, 7) is 2.00. The van der Waals surface area contributed by atoms with Crippen LogP contribution >= 0.6 is 11.8 Å². The molecule has 2 aromatic rings. The summed E-state index contributed by atoms with van der Waals surface area (Å²) in [5, 5.41) is 0. The summed E-state index contributed by atoms with van der Waals surface area (Å²) in [6.07, 6.45) is 2.48. The molecule has 0 saturated carbocycles. The van der Waals surface area contributed by atoms with Crippen molar-refractivity contribution in [3.63, 3.8) is 0 Å². The molecule has 0 saturated heterocycles. The van der Waals surface area contributed by atoms with Crippen LogP contribution in [0.4, 0.5) is 10.1 Å². The van der Waals surface area contributed by atoms with Crippen LogP contribution < -0.4 is 4.90 Å². The second-order valence-electron chi connectivity index (χ2n) is 5.55. The fraction of sp³-hybridized carbons (Fsp3) is 0.294. The molecule has 0 N–H and O–H groups in total. The number of aryl methyl sites for hydroxylation is 1. The Kier molecular flexibility index (Phi) is 4.26. The summed E-state index contributed by atoms with van der Waals surface area (Å²) in [4.78, 5) is 27.0. The number of anilines is 1. The van der Waals surface area contributed by atoms with Gasteiger partial charge in [-0.25, -0.2) is 4.39 Å². The van der Waals surface area contributed by atoms with Gasteiger partial charge in [-0.05, 0) is 43.4 Å². The van der Waals surface area contributed by atoms with Gasteiger partial charge < -0.3 is 9.47 Å². The Bertz CT molecular complexity index is 785. The molecule has 6 heteroatoms. The molecule has 0 aliphatic carbocycles. The van der Waals surface area contributed by atoms with Crippen molar-refractivity contribution in [3.05, 3.63) is 47.5 Å². The van der Waals surface area contributed by atoms with Crippen molar-refractivity contribution in [1.82, 2.24) is 4.57 Å². The third kappa shape index (κ3) is 3.03. The van der Waals surface area contributed by atoms with E-state index in [4.69, 9.17) is 0 Å². The molecule has 1 aromatic carbocycles. The van der Waals surface area contributed by atoms with Gasteiger partial charge in [0.2, 0.25) is 0 Å². The van der Waals surface area contributed by atoms with Crippen molar-refractivity contribution in [2.45, 2.75) is 18.2 Å². The van der Waals surface area contributed by atoms with E-state index in [1.165, 1.54) is 19.1 Å². The highest BCUT2D eigenvalue weighted by Gasteiger charge is 2.25. The van der Waals surface area contributed by atoms with Crippen LogP contribution in [0, 0.1) is 5.82 Å². The predicted octanol–water partition coefficient (Wildman–Crippen LogP) is 3.51. The van der Waals surface area contributed by atoms with Gasteiger partial charge >= 0.3 is 0 Å². The van der Waals surface area contributed by atoms with Crippen LogP contribution in [-0.2, 0) is 7.05 Å². The van der Waals surface area contributed by atoms with Gasteiger partial charge in [-0.1, -0.05) is 0 Å². The number of carbonyl (C=O) groups excluding carboxylic acids is 2. The number of amides is 1. The lowest BCUT2D eigenvalue weighted by Gasteiger charge is -2.22. The first-order chi connectivity index (χ1) is 11.0. The van der Waals surface area contributed by atoms with Gasteiger partial charge in [0.1, 0.15) is 11.5 Å². The molecule has 120 valence electrons. The summed E-state index contributed by atoms with van der Waals surface area (Å²) in [5.74, 6) is 0.223. The largest absolute Gasteiger partial charge is 0.346 e. The van der Waals surface area contributed by atoms with Crippen LogP contribution in [0.1, 0.15) is 34.2 Å². The summed E-state index contributed by atoms with van der Waals surface area (Å²) in [6, 6.07) is 6.13. The number of thioether (sulfide) groups is 1. The van der Waals surface area contributed by atoms with Gasteiger partial charge in [0.15, 0.2) is 5.78 Å². The van der Waals surface area contributed by atoms with Gasteiger partial charge in [0.05, 0.1) is 5.69 Å². The predicted molar refractivity (Wildman–Crippen MR) is 88.8 cm³/mol. The van der Waals surface area contributed by atoms with E-state index in [2.05, 4.69) is 0 Å². The van der Waals surface area contributed by atoms with Crippen LogP contribution in [-0.4, -0.2) is 28.6 Å². The lowest BCUT2D eigenvalue weighted by atomic mass is 10.2. The molecule has 0 bridgehead atoms. The molecule has 2 heterocycles. The van der Waals surface area contributed by atoms with Crippen molar-refractivity contribution < 1.29 is 14.0 Å². The number of halogens is 1. The highest BCUT2D eigenvalue weighted by atomic mass is 32.2. The Morgan fingerprint density at radius 2 is 2.04 bits per heavy atom. The van der Waals surface area contributed by atoms with E-state index < -0.39 is 0 Å². The van der Waals surface area contributed by atoms with E-state index in [-0.39, 0.29) is 17.5 Å². The first-order valence-corrected chi connectivity index (χ1v) is 8.37. The van der Waals surface area contributed by atoms with Gasteiger partial charge in [-0.2, -0.15) is 0 Å². The third-order valence-corrected chi connectivity index (χ3v) is 5.02. The van der Waals surface area contributed by atoms with Gasteiger partial charge in [0.25, 0.3) is 5.91 Å². The molecule has 4 nitrogen and oxygen atoms in total. The van der Waals surface area contributed by atoms with E-state index in [0.717, 1.165) is 17.1 Å². The normalized spacial score (nSPS) is 14.3. The first-order valence-electron chi connectivity index (χ1n) is 7.39. The molecule has 0 unspecified atom stereocenters. The summed E-state index contributed by atoms with van der Waals surface area (Å²) in [7, 11) is 1.73. The SMILES string of the molecule is CC(=O)c1cc(C(=O)N2CCCSc3ccc(F)cc32)n(C)c1. The van der Waals surface area contributed by atoms with E-state index >= 15 is 0 Å². The Labute approximate surface area is 138 Å². The summed E-state index contributed by atoms with van der Waals surface area (Å²) >= 11 is 1.63. The maximum atomic E-state index is 13.7. The number of Topliss-reactive ketones (excluding diaryl/α,β-unsaturated/α-hetero) is 1. The topological polar surface area (TPSA) is 42.3 Å². The maximum Gasteiger partial charge on any atom is 0.274 e. The number of rotatable bonds is 2. The molecule has 3 rings (SSSR count). The third-order valence-electron chi connectivity index (χ3n) is 3.87. The summed E-state index contributed by atoms with van der Waals surface area (Å²) in [5.41, 5.74) is 1.53. The summed E-state index contributed by atoms with van der Waals surface area (Å²) < 4.78 is 15.3. The Morgan fingerprint density at radius 1 is 1.26 bits per heavy atom. The number of aromatic nitrogens is 1. The average Bonchev–Trinajstić information content (AvgIpc) is 2.78.